The molecule has 0 fully saturated rings. The highest BCUT2D eigenvalue weighted by molar-refractivity contribution is 5.78. The van der Waals surface area contributed by atoms with Crippen LogP contribution in [0.1, 0.15) is 24.3 Å². The number of pyridine rings is 1. The van der Waals surface area contributed by atoms with Crippen LogP contribution in [0, 0.1) is 0 Å². The van der Waals surface area contributed by atoms with Gasteiger partial charge in [0.05, 0.1) is 0 Å². The summed E-state index contributed by atoms with van der Waals surface area (Å²) < 4.78 is 5.27. The molecule has 27 heavy (non-hydrogen) atoms. The number of benzene rings is 1. The molecule has 1 amide bonds. The summed E-state index contributed by atoms with van der Waals surface area (Å²) in [5, 5.41) is 3.97. The molecule has 0 atom stereocenters. The topological polar surface area (TPSA) is 72.1 Å². The third-order valence-corrected chi connectivity index (χ3v) is 4.67. The van der Waals surface area contributed by atoms with Gasteiger partial charge in [-0.25, -0.2) is 0 Å². The van der Waals surface area contributed by atoms with Gasteiger partial charge in [0.25, 0.3) is 0 Å². The van der Waals surface area contributed by atoms with E-state index in [0.717, 1.165) is 18.5 Å². The molecule has 3 aromatic rings. The Labute approximate surface area is 157 Å². The van der Waals surface area contributed by atoms with E-state index in [2.05, 4.69) is 33.3 Å². The number of aromatic nitrogens is 3. The van der Waals surface area contributed by atoms with Crippen molar-refractivity contribution in [3.05, 3.63) is 72.4 Å². The number of hydrogen-bond donors (Lipinski definition) is 0. The zero-order chi connectivity index (χ0) is 18.5. The van der Waals surface area contributed by atoms with Crippen molar-refractivity contribution in [1.29, 1.82) is 0 Å². The highest BCUT2D eigenvalue weighted by atomic mass is 16.5. The Kier molecular flexibility index (Phi) is 5.05. The van der Waals surface area contributed by atoms with E-state index in [0.29, 0.717) is 31.1 Å². The highest BCUT2D eigenvalue weighted by Crippen LogP contribution is 2.22. The zero-order valence-electron chi connectivity index (χ0n) is 14.9. The van der Waals surface area contributed by atoms with Gasteiger partial charge in [-0.2, -0.15) is 4.98 Å². The van der Waals surface area contributed by atoms with Crippen LogP contribution in [0.5, 0.6) is 0 Å². The zero-order valence-corrected chi connectivity index (χ0v) is 14.9. The molecule has 136 valence electrons. The number of hydrogen-bond acceptors (Lipinski definition) is 5. The lowest BCUT2D eigenvalue weighted by atomic mass is 9.99. The monoisotopic (exact) mass is 360 g/mol. The van der Waals surface area contributed by atoms with Crippen LogP contribution in [0.25, 0.3) is 17.0 Å². The fourth-order valence-electron chi connectivity index (χ4n) is 3.16. The molecule has 1 aliphatic heterocycles. The summed E-state index contributed by atoms with van der Waals surface area (Å²) >= 11 is 0. The van der Waals surface area contributed by atoms with E-state index in [-0.39, 0.29) is 5.91 Å². The Morgan fingerprint density at radius 2 is 1.89 bits per heavy atom. The van der Waals surface area contributed by atoms with Crippen LogP contribution in [-0.2, 0) is 11.2 Å². The third kappa shape index (κ3) is 4.11. The number of carbonyl (C=O) groups is 1. The second kappa shape index (κ2) is 7.95. The lowest BCUT2D eigenvalue weighted by Crippen LogP contribution is -2.34. The summed E-state index contributed by atoms with van der Waals surface area (Å²) in [6.07, 6.45) is 7.20. The first kappa shape index (κ1) is 17.1. The third-order valence-electron chi connectivity index (χ3n) is 4.67. The number of rotatable bonds is 5. The maximum absolute atomic E-state index is 12.5. The van der Waals surface area contributed by atoms with E-state index in [9.17, 15) is 4.79 Å². The molecule has 4 rings (SSSR count). The fraction of sp³-hybridized carbons (Fsp3) is 0.238. The number of amides is 1. The highest BCUT2D eigenvalue weighted by Gasteiger charge is 2.19. The van der Waals surface area contributed by atoms with E-state index in [1.54, 1.807) is 12.4 Å². The number of nitrogens with zero attached hydrogens (tertiary/aromatic N) is 4. The normalized spacial score (nSPS) is 14.1. The molecule has 0 N–H and O–H groups in total. The first-order valence-electron chi connectivity index (χ1n) is 9.05. The summed E-state index contributed by atoms with van der Waals surface area (Å²) in [5.74, 6) is 1.11. The Bertz CT molecular complexity index is 935. The van der Waals surface area contributed by atoms with Crippen molar-refractivity contribution in [3.8, 4) is 11.4 Å². The van der Waals surface area contributed by atoms with Crippen LogP contribution < -0.4 is 0 Å². The smallest absolute Gasteiger partial charge is 0.227 e. The average Bonchev–Trinajstić information content (AvgIpc) is 3.22. The summed E-state index contributed by atoms with van der Waals surface area (Å²) in [6, 6.07) is 14.0. The largest absolute Gasteiger partial charge is 0.339 e. The Morgan fingerprint density at radius 3 is 2.63 bits per heavy atom. The van der Waals surface area contributed by atoms with Crippen LogP contribution >= 0.6 is 0 Å². The molecule has 0 aliphatic carbocycles. The molecule has 0 radical (unpaired) electrons. The predicted molar refractivity (Wildman–Crippen MR) is 101 cm³/mol. The molecule has 6 heteroatoms. The first-order valence-corrected chi connectivity index (χ1v) is 9.05. The summed E-state index contributed by atoms with van der Waals surface area (Å²) in [4.78, 5) is 22.7. The molecule has 0 bridgehead atoms. The van der Waals surface area contributed by atoms with Gasteiger partial charge in [-0.3, -0.25) is 9.78 Å². The minimum atomic E-state index is 0.113. The lowest BCUT2D eigenvalue weighted by molar-refractivity contribution is -0.130. The predicted octanol–water partition coefficient (Wildman–Crippen LogP) is 3.38. The molecular weight excluding hydrogens is 340 g/mol. The second-order valence-corrected chi connectivity index (χ2v) is 6.43. The van der Waals surface area contributed by atoms with Gasteiger partial charge in [-0.1, -0.05) is 41.6 Å². The van der Waals surface area contributed by atoms with Crippen LogP contribution in [0.4, 0.5) is 0 Å². The summed E-state index contributed by atoms with van der Waals surface area (Å²) in [6.45, 7) is 1.39. The number of aryl methyl sites for hydroxylation is 1. The molecule has 0 spiro atoms. The standard InChI is InChI=1S/C21H20N4O2/c26-20(25-14-10-17(11-15-25)16-4-2-1-3-5-16)7-6-19-23-21(24-27-19)18-8-12-22-13-9-18/h1-5,8-10,12-13H,6-7,11,14-15H2. The number of carbonyl (C=O) groups excluding carboxylic acids is 1. The summed E-state index contributed by atoms with van der Waals surface area (Å²) in [5.41, 5.74) is 3.39. The molecular formula is C21H20N4O2. The first-order chi connectivity index (χ1) is 13.3. The molecule has 3 heterocycles. The molecule has 1 aromatic carbocycles. The van der Waals surface area contributed by atoms with Gasteiger partial charge < -0.3 is 9.42 Å². The quantitative estimate of drug-likeness (QED) is 0.697. The van der Waals surface area contributed by atoms with E-state index < -0.39 is 0 Å². The van der Waals surface area contributed by atoms with Crippen LogP contribution in [-0.4, -0.2) is 39.0 Å². The maximum Gasteiger partial charge on any atom is 0.227 e. The fourth-order valence-corrected chi connectivity index (χ4v) is 3.16. The van der Waals surface area contributed by atoms with Gasteiger partial charge in [0.15, 0.2) is 0 Å². The van der Waals surface area contributed by atoms with Crippen molar-refractivity contribution >= 4 is 11.5 Å². The Morgan fingerprint density at radius 1 is 1.07 bits per heavy atom. The molecule has 2 aromatic heterocycles. The van der Waals surface area contributed by atoms with Crippen molar-refractivity contribution in [1.82, 2.24) is 20.0 Å². The van der Waals surface area contributed by atoms with Gasteiger partial charge in [0.2, 0.25) is 17.6 Å². The van der Waals surface area contributed by atoms with E-state index in [1.165, 1.54) is 11.1 Å². The van der Waals surface area contributed by atoms with Crippen molar-refractivity contribution in [3.63, 3.8) is 0 Å². The van der Waals surface area contributed by atoms with Crippen molar-refractivity contribution < 1.29 is 9.32 Å². The van der Waals surface area contributed by atoms with Crippen molar-refractivity contribution in [2.24, 2.45) is 0 Å². The van der Waals surface area contributed by atoms with Crippen molar-refractivity contribution in [2.45, 2.75) is 19.3 Å². The Hall–Kier alpha value is -3.28. The van der Waals surface area contributed by atoms with Crippen LogP contribution in [0.3, 0.4) is 0 Å². The molecule has 0 saturated heterocycles. The van der Waals surface area contributed by atoms with Gasteiger partial charge in [-0.05, 0) is 29.7 Å². The molecule has 0 unspecified atom stereocenters. The Balaban J connectivity index is 1.32. The maximum atomic E-state index is 12.5. The van der Waals surface area contributed by atoms with Gasteiger partial charge in [0.1, 0.15) is 0 Å². The van der Waals surface area contributed by atoms with Gasteiger partial charge in [-0.15, -0.1) is 0 Å². The minimum Gasteiger partial charge on any atom is -0.339 e. The van der Waals surface area contributed by atoms with Gasteiger partial charge >= 0.3 is 0 Å². The van der Waals surface area contributed by atoms with E-state index in [4.69, 9.17) is 4.52 Å². The second-order valence-electron chi connectivity index (χ2n) is 6.43. The average molecular weight is 360 g/mol. The van der Waals surface area contributed by atoms with Crippen LogP contribution in [0.2, 0.25) is 0 Å². The molecule has 6 nitrogen and oxygen atoms in total. The van der Waals surface area contributed by atoms with E-state index in [1.807, 2.05) is 35.2 Å². The summed E-state index contributed by atoms with van der Waals surface area (Å²) in [7, 11) is 0. The lowest BCUT2D eigenvalue weighted by Gasteiger charge is -2.26. The van der Waals surface area contributed by atoms with Crippen molar-refractivity contribution in [2.75, 3.05) is 13.1 Å². The van der Waals surface area contributed by atoms with Gasteiger partial charge in [0, 0.05) is 43.9 Å². The molecule has 1 aliphatic rings. The van der Waals surface area contributed by atoms with Crippen LogP contribution in [0.15, 0.2) is 65.5 Å². The van der Waals surface area contributed by atoms with E-state index >= 15 is 0 Å². The minimum absolute atomic E-state index is 0.113. The SMILES string of the molecule is O=C(CCc1nc(-c2ccncc2)no1)N1CC=C(c2ccccc2)CC1. The molecule has 0 saturated carbocycles.